The summed E-state index contributed by atoms with van der Waals surface area (Å²) in [5, 5.41) is 36.1. The van der Waals surface area contributed by atoms with Crippen molar-refractivity contribution >= 4 is 47.5 Å². The van der Waals surface area contributed by atoms with Gasteiger partial charge in [0.15, 0.2) is 5.69 Å². The topological polar surface area (TPSA) is 125 Å². The molecule has 1 aromatic carbocycles. The Labute approximate surface area is 214 Å². The van der Waals surface area contributed by atoms with Crippen LogP contribution in [-0.4, -0.2) is 85.3 Å². The van der Waals surface area contributed by atoms with Crippen molar-refractivity contribution in [1.29, 1.82) is 0 Å². The fourth-order valence-electron chi connectivity index (χ4n) is 3.29. The molecule has 10 heteroatoms. The molecule has 1 heterocycles. The van der Waals surface area contributed by atoms with Gasteiger partial charge in [-0.1, -0.05) is 26.8 Å². The van der Waals surface area contributed by atoms with Gasteiger partial charge >= 0.3 is 35.5 Å². The van der Waals surface area contributed by atoms with E-state index in [9.17, 15) is 24.2 Å². The molecule has 2 atom stereocenters. The molecular weight excluding hydrogens is 440 g/mol. The van der Waals surface area contributed by atoms with Gasteiger partial charge in [0.25, 0.3) is 5.91 Å². The van der Waals surface area contributed by atoms with Crippen LogP contribution in [0.3, 0.4) is 0 Å². The molecule has 0 fully saturated rings. The molecule has 4 N–H and O–H groups in total. The van der Waals surface area contributed by atoms with E-state index in [-0.39, 0.29) is 53.5 Å². The van der Waals surface area contributed by atoms with E-state index in [0.29, 0.717) is 23.5 Å². The first-order valence-electron chi connectivity index (χ1n) is 10.6. The zero-order valence-electron chi connectivity index (χ0n) is 18.5. The van der Waals surface area contributed by atoms with E-state index < -0.39 is 30.4 Å². The van der Waals surface area contributed by atoms with Gasteiger partial charge in [-0.25, -0.2) is 9.07 Å². The second-order valence-corrected chi connectivity index (χ2v) is 7.86. The van der Waals surface area contributed by atoms with Crippen LogP contribution in [0, 0.1) is 5.82 Å². The maximum atomic E-state index is 13.4. The molecular formula is C23H31FN3NaO5. The minimum atomic E-state index is -1.20. The summed E-state index contributed by atoms with van der Waals surface area (Å²) >= 11 is 0. The van der Waals surface area contributed by atoms with Crippen LogP contribution in [0.5, 0.6) is 0 Å². The molecule has 0 unspecified atom stereocenters. The number of amides is 1. The molecule has 1 amide bonds. The van der Waals surface area contributed by atoms with Gasteiger partial charge in [-0.3, -0.25) is 9.59 Å². The first kappa shape index (κ1) is 29.0. The molecule has 0 aliphatic rings. The number of hydrogen-bond acceptors (Lipinski definition) is 5. The molecule has 0 saturated heterocycles. The number of benzene rings is 1. The number of carbonyl (C=O) groups is 2. The number of aliphatic carboxylic acids is 1. The van der Waals surface area contributed by atoms with Gasteiger partial charge in [-0.2, -0.15) is 5.10 Å². The summed E-state index contributed by atoms with van der Waals surface area (Å²) in [4.78, 5) is 23.5. The van der Waals surface area contributed by atoms with Crippen molar-refractivity contribution in [2.24, 2.45) is 0 Å². The summed E-state index contributed by atoms with van der Waals surface area (Å²) in [5.41, 5.74) is 1.94. The molecule has 0 bridgehead atoms. The van der Waals surface area contributed by atoms with E-state index in [1.807, 2.05) is 20.8 Å². The van der Waals surface area contributed by atoms with E-state index in [1.54, 1.807) is 6.08 Å². The molecule has 33 heavy (non-hydrogen) atoms. The Hall–Kier alpha value is -2.04. The number of halogens is 1. The fraction of sp³-hybridized carbons (Fsp3) is 0.435. The number of carboxylic acid groups (broad SMARTS) is 1. The number of aliphatic hydroxyl groups excluding tert-OH is 2. The first-order valence-corrected chi connectivity index (χ1v) is 10.6. The maximum absolute atomic E-state index is 13.4. The van der Waals surface area contributed by atoms with Crippen LogP contribution in [0.25, 0.3) is 11.8 Å². The van der Waals surface area contributed by atoms with Crippen molar-refractivity contribution in [3.8, 4) is 5.69 Å². The monoisotopic (exact) mass is 471 g/mol. The molecule has 1 aromatic heterocycles. The number of carboxylic acids is 1. The molecule has 2 aromatic rings. The summed E-state index contributed by atoms with van der Waals surface area (Å²) in [6.07, 6.45) is 0.819. The average molecular weight is 472 g/mol. The number of hydrogen-bond donors (Lipinski definition) is 4. The van der Waals surface area contributed by atoms with Gasteiger partial charge in [0, 0.05) is 18.5 Å². The molecule has 0 aliphatic carbocycles. The summed E-state index contributed by atoms with van der Waals surface area (Å²) in [6, 6.07) is 5.63. The zero-order chi connectivity index (χ0) is 23.8. The summed E-state index contributed by atoms with van der Waals surface area (Å²) in [7, 11) is 0. The zero-order valence-corrected chi connectivity index (χ0v) is 18.5. The van der Waals surface area contributed by atoms with Crippen molar-refractivity contribution in [3.63, 3.8) is 0 Å². The Bertz CT molecular complexity index is 960. The van der Waals surface area contributed by atoms with Crippen LogP contribution in [0.15, 0.2) is 30.3 Å². The number of carbonyl (C=O) groups excluding carboxylic acids is 1. The van der Waals surface area contributed by atoms with E-state index >= 15 is 0 Å². The summed E-state index contributed by atoms with van der Waals surface area (Å²) in [6.45, 7) is 6.25. The molecule has 0 aliphatic heterocycles. The first-order chi connectivity index (χ1) is 15.1. The Kier molecular flexibility index (Phi) is 12.0. The average Bonchev–Trinajstić information content (AvgIpc) is 3.10. The Morgan fingerprint density at radius 3 is 2.39 bits per heavy atom. The van der Waals surface area contributed by atoms with Gasteiger partial charge in [-0.05, 0) is 42.7 Å². The molecule has 176 valence electrons. The van der Waals surface area contributed by atoms with Crippen LogP contribution < -0.4 is 5.32 Å². The Balaban J connectivity index is 0.00000544. The predicted octanol–water partition coefficient (Wildman–Crippen LogP) is 2.23. The van der Waals surface area contributed by atoms with Crippen LogP contribution in [0.1, 0.15) is 67.7 Å². The third kappa shape index (κ3) is 8.35. The van der Waals surface area contributed by atoms with Crippen molar-refractivity contribution in [3.05, 3.63) is 53.1 Å². The van der Waals surface area contributed by atoms with Crippen LogP contribution in [0.2, 0.25) is 0 Å². The molecule has 0 spiro atoms. The Morgan fingerprint density at radius 1 is 1.21 bits per heavy atom. The van der Waals surface area contributed by atoms with Crippen molar-refractivity contribution in [1.82, 2.24) is 15.1 Å². The van der Waals surface area contributed by atoms with Gasteiger partial charge < -0.3 is 20.6 Å². The molecule has 8 nitrogen and oxygen atoms in total. The van der Waals surface area contributed by atoms with Gasteiger partial charge in [0.1, 0.15) is 5.82 Å². The van der Waals surface area contributed by atoms with E-state index in [0.717, 1.165) is 6.42 Å². The van der Waals surface area contributed by atoms with Gasteiger partial charge in [0.2, 0.25) is 0 Å². The van der Waals surface area contributed by atoms with Crippen LogP contribution >= 0.6 is 0 Å². The van der Waals surface area contributed by atoms with E-state index in [4.69, 9.17) is 5.11 Å². The van der Waals surface area contributed by atoms with Crippen molar-refractivity contribution < 1.29 is 29.3 Å². The van der Waals surface area contributed by atoms with Crippen molar-refractivity contribution in [2.75, 3.05) is 6.54 Å². The fourth-order valence-corrected chi connectivity index (χ4v) is 3.29. The summed E-state index contributed by atoms with van der Waals surface area (Å²) < 4.78 is 14.9. The normalized spacial score (nSPS) is 13.1. The Morgan fingerprint density at radius 2 is 1.85 bits per heavy atom. The number of nitrogens with one attached hydrogen (secondary N) is 1. The summed E-state index contributed by atoms with van der Waals surface area (Å²) in [5.74, 6) is -2.00. The number of aliphatic hydroxyl groups is 2. The van der Waals surface area contributed by atoms with Crippen LogP contribution in [-0.2, 0) is 4.79 Å². The third-order valence-electron chi connectivity index (χ3n) is 4.76. The third-order valence-corrected chi connectivity index (χ3v) is 4.76. The number of aromatic nitrogens is 2. The molecule has 0 radical (unpaired) electrons. The number of nitrogens with zero attached hydrogens (tertiary/aromatic N) is 2. The van der Waals surface area contributed by atoms with Gasteiger partial charge in [-0.15, -0.1) is 0 Å². The SMILES string of the molecule is CCCNC(=O)c1nn(-c2ccc(F)cc2)c(C=C[C@H](O)C[C@@H](O)CC(=O)O)c1C(C)C.[NaH]. The van der Waals surface area contributed by atoms with E-state index in [1.165, 1.54) is 35.0 Å². The number of rotatable bonds is 11. The molecule has 2 rings (SSSR count). The minimum absolute atomic E-state index is 0. The van der Waals surface area contributed by atoms with Gasteiger partial charge in [0.05, 0.1) is 30.0 Å². The molecule has 0 saturated carbocycles. The second kappa shape index (κ2) is 13.6. The van der Waals surface area contributed by atoms with E-state index in [2.05, 4.69) is 10.4 Å². The van der Waals surface area contributed by atoms with Crippen molar-refractivity contribution in [2.45, 2.75) is 58.2 Å². The quantitative estimate of drug-likeness (QED) is 0.373. The van der Waals surface area contributed by atoms with Crippen LogP contribution in [0.4, 0.5) is 4.39 Å². The predicted molar refractivity (Wildman–Crippen MR) is 125 cm³/mol. The second-order valence-electron chi connectivity index (χ2n) is 7.86. The standard InChI is InChI=1S/C23H30FN3O5.Na.H/c1-4-11-25-23(32)22-21(14(2)3)19(10-9-17(28)12-18(29)13-20(30)31)27(26-22)16-7-5-15(24)6-8-16;;/h5-10,14,17-18,28-29H,4,11-13H2,1-3H3,(H,25,32)(H,30,31);;/t17-,18+;;/m0../s1.